The molecule has 2 aromatic carbocycles. The number of alkyl halides is 4. The summed E-state index contributed by atoms with van der Waals surface area (Å²) in [4.78, 5) is 19.4. The molecule has 0 N–H and O–H groups in total. The third kappa shape index (κ3) is 3.00. The molecule has 3 aliphatic rings. The molecule has 3 atom stereocenters. The van der Waals surface area contributed by atoms with Crippen LogP contribution in [0.5, 0.6) is 5.75 Å². The van der Waals surface area contributed by atoms with Crippen LogP contribution in [0, 0.1) is 17.8 Å². The summed E-state index contributed by atoms with van der Waals surface area (Å²) in [6.45, 7) is -3.04. The minimum atomic E-state index is -3.04. The minimum absolute atomic E-state index is 0.0449. The van der Waals surface area contributed by atoms with Gasteiger partial charge in [0.25, 0.3) is 11.8 Å². The number of fused-ring (bicyclic) bond motifs is 9. The Bertz CT molecular complexity index is 1390. The van der Waals surface area contributed by atoms with Gasteiger partial charge in [0.05, 0.1) is 29.0 Å². The Labute approximate surface area is 186 Å². The normalized spacial score (nSPS) is 24.2. The maximum absolute atomic E-state index is 13.2. The highest BCUT2D eigenvalue weighted by molar-refractivity contribution is 5.97. The lowest BCUT2D eigenvalue weighted by molar-refractivity contribution is -0.0507. The van der Waals surface area contributed by atoms with Crippen LogP contribution < -0.4 is 4.74 Å². The Morgan fingerprint density at radius 3 is 2.73 bits per heavy atom. The number of ether oxygens (including phenoxy) is 1. The van der Waals surface area contributed by atoms with E-state index in [-0.39, 0.29) is 24.1 Å². The van der Waals surface area contributed by atoms with Crippen molar-refractivity contribution in [1.29, 1.82) is 0 Å². The van der Waals surface area contributed by atoms with Crippen molar-refractivity contribution in [3.05, 3.63) is 58.9 Å². The van der Waals surface area contributed by atoms with Crippen molar-refractivity contribution in [3.8, 4) is 17.6 Å². The van der Waals surface area contributed by atoms with Gasteiger partial charge >= 0.3 is 6.61 Å². The zero-order valence-corrected chi connectivity index (χ0v) is 17.4. The van der Waals surface area contributed by atoms with Crippen molar-refractivity contribution in [2.24, 2.45) is 5.92 Å². The monoisotopic (exact) mass is 455 g/mol. The average molecular weight is 455 g/mol. The fourth-order valence-electron chi connectivity index (χ4n) is 4.90. The van der Waals surface area contributed by atoms with E-state index in [1.807, 2.05) is 4.57 Å². The Kier molecular flexibility index (Phi) is 4.10. The van der Waals surface area contributed by atoms with E-state index >= 15 is 0 Å². The average Bonchev–Trinajstić information content (AvgIpc) is 3.09. The van der Waals surface area contributed by atoms with Gasteiger partial charge in [0, 0.05) is 36.6 Å². The number of hydrogen-bond donors (Lipinski definition) is 0. The Morgan fingerprint density at radius 2 is 2.00 bits per heavy atom. The number of rotatable bonds is 2. The van der Waals surface area contributed by atoms with Crippen LogP contribution in [0.15, 0.2) is 36.4 Å². The summed E-state index contributed by atoms with van der Waals surface area (Å²) in [7, 11) is 1.67. The van der Waals surface area contributed by atoms with Gasteiger partial charge in [-0.1, -0.05) is 17.9 Å². The molecule has 1 amide bonds. The predicted molar refractivity (Wildman–Crippen MR) is 110 cm³/mol. The van der Waals surface area contributed by atoms with Crippen molar-refractivity contribution in [1.82, 2.24) is 14.5 Å². The molecule has 1 saturated carbocycles. The molecule has 0 spiro atoms. The molecule has 3 aromatic rings. The number of imidazole rings is 1. The lowest BCUT2D eigenvalue weighted by Crippen LogP contribution is -2.30. The number of nitrogens with zero attached hydrogens (tertiary/aromatic N) is 3. The second kappa shape index (κ2) is 6.73. The second-order valence-electron chi connectivity index (χ2n) is 8.61. The van der Waals surface area contributed by atoms with Gasteiger partial charge in [-0.25, -0.2) is 13.8 Å². The highest BCUT2D eigenvalue weighted by atomic mass is 19.3. The summed E-state index contributed by atoms with van der Waals surface area (Å²) in [5, 5.41) is 0. The SMILES string of the molecule is CN1C(=O)c2cccc(OC(F)F)c2C2CC1c1nc3ccc(C#CC4CC4(F)F)cc3n12. The first-order chi connectivity index (χ1) is 15.7. The first-order valence-corrected chi connectivity index (χ1v) is 10.5. The van der Waals surface area contributed by atoms with Crippen molar-refractivity contribution in [2.45, 2.75) is 37.5 Å². The van der Waals surface area contributed by atoms with E-state index in [1.54, 1.807) is 36.2 Å². The molecule has 3 heterocycles. The van der Waals surface area contributed by atoms with Crippen LogP contribution >= 0.6 is 0 Å². The van der Waals surface area contributed by atoms with Gasteiger partial charge in [0.2, 0.25) is 0 Å². The van der Waals surface area contributed by atoms with Crippen LogP contribution in [-0.4, -0.2) is 39.9 Å². The van der Waals surface area contributed by atoms with Gasteiger partial charge in [-0.2, -0.15) is 8.78 Å². The smallest absolute Gasteiger partial charge is 0.387 e. The quantitative estimate of drug-likeness (QED) is 0.414. The van der Waals surface area contributed by atoms with Gasteiger partial charge in [-0.3, -0.25) is 4.79 Å². The van der Waals surface area contributed by atoms with Crippen LogP contribution in [-0.2, 0) is 0 Å². The first-order valence-electron chi connectivity index (χ1n) is 10.5. The molecular weight excluding hydrogens is 438 g/mol. The van der Waals surface area contributed by atoms with E-state index in [2.05, 4.69) is 11.8 Å². The van der Waals surface area contributed by atoms with Crippen LogP contribution in [0.2, 0.25) is 0 Å². The number of halogens is 4. The van der Waals surface area contributed by atoms with Gasteiger partial charge in [0.1, 0.15) is 11.6 Å². The van der Waals surface area contributed by atoms with E-state index in [0.717, 1.165) is 0 Å². The molecule has 0 saturated heterocycles. The number of carbonyl (C=O) groups excluding carboxylic acids is 1. The molecule has 9 heteroatoms. The molecule has 1 aromatic heterocycles. The highest BCUT2D eigenvalue weighted by Gasteiger charge is 2.56. The number of aromatic nitrogens is 2. The Hall–Kier alpha value is -3.54. The number of carbonyl (C=O) groups is 1. The van der Waals surface area contributed by atoms with Crippen molar-refractivity contribution in [2.75, 3.05) is 7.05 Å². The van der Waals surface area contributed by atoms with Crippen molar-refractivity contribution in [3.63, 3.8) is 0 Å². The van der Waals surface area contributed by atoms with Crippen LogP contribution in [0.4, 0.5) is 17.6 Å². The summed E-state index contributed by atoms with van der Waals surface area (Å²) >= 11 is 0. The standard InChI is InChI=1S/C24H17F4N3O2/c1-30-18-10-17(20-14(22(30)32)3-2-4-19(20)33-23(25)26)31-16-9-12(5-7-13-11-24(13,27)28)6-8-15(16)29-21(18)31/h2-4,6,8-9,13,17-18,23H,10-11H2,1H3. The summed E-state index contributed by atoms with van der Waals surface area (Å²) in [5.41, 5.74) is 2.62. The number of amides is 1. The van der Waals surface area contributed by atoms with E-state index in [9.17, 15) is 22.4 Å². The Morgan fingerprint density at radius 1 is 1.21 bits per heavy atom. The van der Waals surface area contributed by atoms with Crippen LogP contribution in [0.25, 0.3) is 11.0 Å². The third-order valence-electron chi connectivity index (χ3n) is 6.62. The molecule has 168 valence electrons. The molecular formula is C24H17F4N3O2. The minimum Gasteiger partial charge on any atom is -0.434 e. The lowest BCUT2D eigenvalue weighted by Gasteiger charge is -2.24. The zero-order chi connectivity index (χ0) is 23.1. The lowest BCUT2D eigenvalue weighted by atomic mass is 9.97. The van der Waals surface area contributed by atoms with Gasteiger partial charge in [-0.05, 0) is 30.3 Å². The second-order valence-corrected chi connectivity index (χ2v) is 8.61. The summed E-state index contributed by atoms with van der Waals surface area (Å²) in [5.74, 6) is 2.11. The Balaban J connectivity index is 1.52. The van der Waals surface area contributed by atoms with Crippen LogP contribution in [0.1, 0.15) is 52.2 Å². The molecule has 33 heavy (non-hydrogen) atoms. The fraction of sp³-hybridized carbons (Fsp3) is 0.333. The topological polar surface area (TPSA) is 47.4 Å². The van der Waals surface area contributed by atoms with Crippen molar-refractivity contribution < 1.29 is 27.1 Å². The fourth-order valence-corrected chi connectivity index (χ4v) is 4.90. The van der Waals surface area contributed by atoms with Crippen molar-refractivity contribution >= 4 is 16.9 Å². The van der Waals surface area contributed by atoms with E-state index in [0.29, 0.717) is 40.0 Å². The molecule has 2 bridgehead atoms. The molecule has 1 aliphatic carbocycles. The molecule has 3 unspecified atom stereocenters. The third-order valence-corrected chi connectivity index (χ3v) is 6.62. The maximum Gasteiger partial charge on any atom is 0.387 e. The summed E-state index contributed by atoms with van der Waals surface area (Å²) in [6, 6.07) is 9.01. The van der Waals surface area contributed by atoms with E-state index < -0.39 is 24.5 Å². The first kappa shape index (κ1) is 20.1. The number of benzene rings is 2. The van der Waals surface area contributed by atoms with E-state index in [1.165, 1.54) is 12.1 Å². The number of hydrogen-bond acceptors (Lipinski definition) is 3. The van der Waals surface area contributed by atoms with Gasteiger partial charge in [0.15, 0.2) is 0 Å². The zero-order valence-electron chi connectivity index (χ0n) is 17.4. The van der Waals surface area contributed by atoms with E-state index in [4.69, 9.17) is 9.72 Å². The highest BCUT2D eigenvalue weighted by Crippen LogP contribution is 2.50. The molecule has 1 fully saturated rings. The largest absolute Gasteiger partial charge is 0.434 e. The molecule has 0 radical (unpaired) electrons. The predicted octanol–water partition coefficient (Wildman–Crippen LogP) is 4.76. The molecule has 6 rings (SSSR count). The summed E-state index contributed by atoms with van der Waals surface area (Å²) in [6.07, 6.45) is 0.236. The maximum atomic E-state index is 13.2. The van der Waals surface area contributed by atoms with Gasteiger partial charge < -0.3 is 14.2 Å². The van der Waals surface area contributed by atoms with Gasteiger partial charge in [-0.15, -0.1) is 0 Å². The molecule has 2 aliphatic heterocycles. The summed E-state index contributed by atoms with van der Waals surface area (Å²) < 4.78 is 59.4. The van der Waals surface area contributed by atoms with Crippen LogP contribution in [0.3, 0.4) is 0 Å². The molecule has 5 nitrogen and oxygen atoms in total.